The molecule has 0 spiro atoms. The molecule has 1 fully saturated rings. The first-order valence-corrected chi connectivity index (χ1v) is 5.82. The molecule has 1 aliphatic carbocycles. The Kier molecular flexibility index (Phi) is 5.73. The van der Waals surface area contributed by atoms with Crippen LogP contribution in [0.5, 0.6) is 0 Å². The van der Waals surface area contributed by atoms with Crippen molar-refractivity contribution in [3.63, 3.8) is 0 Å². The maximum atomic E-state index is 9.84. The number of carboxylic acid groups (broad SMARTS) is 1. The monoisotopic (exact) mass is 228 g/mol. The Balaban J connectivity index is 0.000000385. The third-order valence-electron chi connectivity index (χ3n) is 3.48. The van der Waals surface area contributed by atoms with Gasteiger partial charge in [0.05, 0.1) is 5.60 Å². The van der Waals surface area contributed by atoms with Crippen molar-refractivity contribution in [1.82, 2.24) is 0 Å². The third-order valence-corrected chi connectivity index (χ3v) is 3.48. The highest BCUT2D eigenvalue weighted by Crippen LogP contribution is 2.42. The van der Waals surface area contributed by atoms with Crippen molar-refractivity contribution in [2.24, 2.45) is 11.8 Å². The van der Waals surface area contributed by atoms with E-state index < -0.39 is 11.6 Å². The van der Waals surface area contributed by atoms with Gasteiger partial charge in [-0.15, -0.1) is 0 Å². The molecule has 94 valence electrons. The minimum atomic E-state index is -0.745. The molecule has 1 saturated carbocycles. The van der Waals surface area contributed by atoms with Gasteiger partial charge in [-0.2, -0.15) is 0 Å². The smallest absolute Gasteiger partial charge is 0.303 e. The van der Waals surface area contributed by atoms with Gasteiger partial charge in [0, 0.05) is 6.42 Å². The second-order valence-electron chi connectivity index (χ2n) is 4.88. The molecule has 1 aliphatic rings. The Bertz CT molecular complexity index is 256. The summed E-state index contributed by atoms with van der Waals surface area (Å²) in [5.41, 5.74) is 0.763. The van der Waals surface area contributed by atoms with Gasteiger partial charge in [-0.05, 0) is 38.5 Å². The topological polar surface area (TPSA) is 57.5 Å². The second-order valence-corrected chi connectivity index (χ2v) is 4.88. The van der Waals surface area contributed by atoms with Gasteiger partial charge in [0.25, 0.3) is 0 Å². The van der Waals surface area contributed by atoms with Crippen molar-refractivity contribution in [1.29, 1.82) is 0 Å². The molecule has 0 radical (unpaired) electrons. The van der Waals surface area contributed by atoms with Crippen LogP contribution in [0.15, 0.2) is 12.2 Å². The number of aliphatic carboxylic acids is 1. The van der Waals surface area contributed by atoms with Gasteiger partial charge in [-0.3, -0.25) is 4.79 Å². The maximum absolute atomic E-state index is 9.84. The third kappa shape index (κ3) is 4.35. The van der Waals surface area contributed by atoms with Crippen LogP contribution < -0.4 is 0 Å². The Morgan fingerprint density at radius 2 is 2.00 bits per heavy atom. The summed E-state index contributed by atoms with van der Waals surface area (Å²) in [6.07, 6.45) is 2.25. The van der Waals surface area contributed by atoms with Crippen molar-refractivity contribution in [2.45, 2.75) is 52.6 Å². The van der Waals surface area contributed by atoms with E-state index in [0.29, 0.717) is 11.8 Å². The first-order valence-electron chi connectivity index (χ1n) is 5.82. The van der Waals surface area contributed by atoms with Crippen molar-refractivity contribution in [3.05, 3.63) is 12.2 Å². The van der Waals surface area contributed by atoms with E-state index in [1.165, 1.54) is 5.57 Å². The van der Waals surface area contributed by atoms with E-state index in [1.54, 1.807) is 6.92 Å². The van der Waals surface area contributed by atoms with E-state index in [1.807, 2.05) is 6.92 Å². The average molecular weight is 228 g/mol. The van der Waals surface area contributed by atoms with Crippen molar-refractivity contribution in [2.75, 3.05) is 0 Å². The number of allylic oxidation sites excluding steroid dienone is 1. The first-order chi connectivity index (χ1) is 7.22. The summed E-state index contributed by atoms with van der Waals surface area (Å²) in [4.78, 5) is 9.37. The lowest BCUT2D eigenvalue weighted by molar-refractivity contribution is -0.136. The van der Waals surface area contributed by atoms with Gasteiger partial charge in [0.15, 0.2) is 0 Å². The predicted octanol–water partition coefficient (Wildman–Crippen LogP) is 2.84. The summed E-state index contributed by atoms with van der Waals surface area (Å²) in [5.74, 6) is 0.162. The van der Waals surface area contributed by atoms with E-state index in [4.69, 9.17) is 5.11 Å². The standard InChI is InChI=1S/C10H18O.C3H6O2/c1-7(2)9-5-6-10(4,11)8(9)3;1-2-3(4)5/h8-9,11H,1,5-6H2,2-4H3;2H2,1H3,(H,4,5). The number of hydrogen-bond acceptors (Lipinski definition) is 2. The van der Waals surface area contributed by atoms with E-state index in [2.05, 4.69) is 20.4 Å². The van der Waals surface area contributed by atoms with Gasteiger partial charge in [0.1, 0.15) is 0 Å². The van der Waals surface area contributed by atoms with E-state index >= 15 is 0 Å². The minimum Gasteiger partial charge on any atom is -0.481 e. The summed E-state index contributed by atoms with van der Waals surface area (Å²) < 4.78 is 0. The van der Waals surface area contributed by atoms with E-state index in [-0.39, 0.29) is 6.42 Å². The summed E-state index contributed by atoms with van der Waals surface area (Å²) in [6, 6.07) is 0. The van der Waals surface area contributed by atoms with Crippen LogP contribution in [0, 0.1) is 11.8 Å². The van der Waals surface area contributed by atoms with Crippen LogP contribution in [0.2, 0.25) is 0 Å². The van der Waals surface area contributed by atoms with Crippen LogP contribution in [0.4, 0.5) is 0 Å². The molecule has 0 amide bonds. The molecule has 3 nitrogen and oxygen atoms in total. The van der Waals surface area contributed by atoms with Crippen LogP contribution in [-0.2, 0) is 4.79 Å². The molecule has 2 N–H and O–H groups in total. The molecule has 3 heteroatoms. The lowest BCUT2D eigenvalue weighted by atomic mass is 9.86. The molecule has 0 aromatic rings. The number of hydrogen-bond donors (Lipinski definition) is 2. The van der Waals surface area contributed by atoms with Crippen molar-refractivity contribution < 1.29 is 15.0 Å². The molecule has 0 bridgehead atoms. The highest BCUT2D eigenvalue weighted by Gasteiger charge is 2.40. The molecule has 3 atom stereocenters. The molecule has 1 rings (SSSR count). The molecular weight excluding hydrogens is 204 g/mol. The summed E-state index contributed by atoms with van der Waals surface area (Å²) in [7, 11) is 0. The zero-order valence-corrected chi connectivity index (χ0v) is 10.8. The molecule has 0 aromatic carbocycles. The first kappa shape index (κ1) is 15.2. The number of rotatable bonds is 2. The highest BCUT2D eigenvalue weighted by molar-refractivity contribution is 5.66. The zero-order chi connectivity index (χ0) is 12.9. The molecular formula is C13H24O3. The van der Waals surface area contributed by atoms with Crippen LogP contribution in [0.1, 0.15) is 47.0 Å². The Morgan fingerprint density at radius 1 is 1.56 bits per heavy atom. The largest absolute Gasteiger partial charge is 0.481 e. The summed E-state index contributed by atoms with van der Waals surface area (Å²) in [5, 5.41) is 17.6. The van der Waals surface area contributed by atoms with Gasteiger partial charge < -0.3 is 10.2 Å². The zero-order valence-electron chi connectivity index (χ0n) is 10.8. The Hall–Kier alpha value is -0.830. The Labute approximate surface area is 98.2 Å². The molecule has 0 saturated heterocycles. The number of aliphatic hydroxyl groups is 1. The molecule has 0 aromatic heterocycles. The summed E-state index contributed by atoms with van der Waals surface area (Å²) >= 11 is 0. The second kappa shape index (κ2) is 6.04. The molecule has 16 heavy (non-hydrogen) atoms. The molecule has 3 unspecified atom stereocenters. The molecule has 0 aliphatic heterocycles. The maximum Gasteiger partial charge on any atom is 0.303 e. The molecule has 0 heterocycles. The van der Waals surface area contributed by atoms with Gasteiger partial charge >= 0.3 is 5.97 Å². The lowest BCUT2D eigenvalue weighted by Gasteiger charge is -2.25. The fourth-order valence-electron chi connectivity index (χ4n) is 2.03. The van der Waals surface area contributed by atoms with Gasteiger partial charge in [-0.25, -0.2) is 0 Å². The predicted molar refractivity (Wildman–Crippen MR) is 65.3 cm³/mol. The normalized spacial score (nSPS) is 32.8. The SMILES string of the molecule is C=C(C)C1CCC(C)(O)C1C.CCC(=O)O. The highest BCUT2D eigenvalue weighted by atomic mass is 16.4. The number of carbonyl (C=O) groups is 1. The fraction of sp³-hybridized carbons (Fsp3) is 0.769. The lowest BCUT2D eigenvalue weighted by Crippen LogP contribution is -2.29. The van der Waals surface area contributed by atoms with E-state index in [9.17, 15) is 9.90 Å². The average Bonchev–Trinajstić information content (AvgIpc) is 2.43. The van der Waals surface area contributed by atoms with Crippen molar-refractivity contribution in [3.8, 4) is 0 Å². The minimum absolute atomic E-state index is 0.222. The Morgan fingerprint density at radius 3 is 2.12 bits per heavy atom. The van der Waals surface area contributed by atoms with Crippen LogP contribution in [0.3, 0.4) is 0 Å². The van der Waals surface area contributed by atoms with E-state index in [0.717, 1.165) is 12.8 Å². The fourth-order valence-corrected chi connectivity index (χ4v) is 2.03. The van der Waals surface area contributed by atoms with Crippen molar-refractivity contribution >= 4 is 5.97 Å². The summed E-state index contributed by atoms with van der Waals surface area (Å²) in [6.45, 7) is 11.6. The van der Waals surface area contributed by atoms with Crippen LogP contribution >= 0.6 is 0 Å². The van der Waals surface area contributed by atoms with Crippen LogP contribution in [-0.4, -0.2) is 21.8 Å². The van der Waals surface area contributed by atoms with Crippen LogP contribution in [0.25, 0.3) is 0 Å². The quantitative estimate of drug-likeness (QED) is 0.714. The number of carboxylic acids is 1. The van der Waals surface area contributed by atoms with Gasteiger partial charge in [0.2, 0.25) is 0 Å². The van der Waals surface area contributed by atoms with Gasteiger partial charge in [-0.1, -0.05) is 26.0 Å².